The van der Waals surface area contributed by atoms with E-state index in [0.717, 1.165) is 11.3 Å². The molecule has 1 atom stereocenters. The lowest BCUT2D eigenvalue weighted by molar-refractivity contribution is -0.117. The smallest absolute Gasteiger partial charge is 0.232 e. The summed E-state index contributed by atoms with van der Waals surface area (Å²) in [6, 6.07) is 13.7. The Bertz CT molecular complexity index is 1010. The number of benzene rings is 2. The van der Waals surface area contributed by atoms with E-state index < -0.39 is 0 Å². The third kappa shape index (κ3) is 3.38. The molecule has 0 radical (unpaired) electrons. The van der Waals surface area contributed by atoms with E-state index in [2.05, 4.69) is 30.1 Å². The maximum Gasteiger partial charge on any atom is 0.232 e. The van der Waals surface area contributed by atoms with E-state index in [1.165, 1.54) is 11.1 Å². The highest BCUT2D eigenvalue weighted by atomic mass is 16.5. The van der Waals surface area contributed by atoms with Crippen molar-refractivity contribution in [3.05, 3.63) is 59.5 Å². The Hall–Kier alpha value is -3.15. The number of carbonyl (C=O) groups excluding carboxylic acids is 1. The van der Waals surface area contributed by atoms with Gasteiger partial charge in [-0.1, -0.05) is 29.4 Å². The maximum atomic E-state index is 12.7. The van der Waals surface area contributed by atoms with E-state index in [1.807, 2.05) is 43.3 Å². The predicted molar refractivity (Wildman–Crippen MR) is 107 cm³/mol. The number of hydrogen-bond donors (Lipinski definition) is 0. The number of hydrogen-bond acceptors (Lipinski definition) is 5. The van der Waals surface area contributed by atoms with Gasteiger partial charge in [0.25, 0.3) is 0 Å². The fraction of sp³-hybridized carbons (Fsp3) is 0.318. The Labute approximate surface area is 164 Å². The zero-order valence-electron chi connectivity index (χ0n) is 16.3. The van der Waals surface area contributed by atoms with Crippen LogP contribution in [0.25, 0.3) is 11.4 Å². The predicted octanol–water partition coefficient (Wildman–Crippen LogP) is 4.27. The topological polar surface area (TPSA) is 68.5 Å². The molecule has 0 aliphatic carbocycles. The van der Waals surface area contributed by atoms with Crippen molar-refractivity contribution in [1.82, 2.24) is 10.1 Å². The molecule has 6 heteroatoms. The standard InChI is InChI=1S/C22H23N3O3/c1-4-27-19-8-6-5-7-18(19)25-13-17(12-20(25)26)22-23-21(24-28-22)16-10-9-14(2)15(3)11-16/h5-11,17H,4,12-13H2,1-3H3. The molecule has 1 unspecified atom stereocenters. The van der Waals surface area contributed by atoms with E-state index in [-0.39, 0.29) is 11.8 Å². The number of nitrogens with zero attached hydrogens (tertiary/aromatic N) is 3. The minimum absolute atomic E-state index is 0.0306. The van der Waals surface area contributed by atoms with E-state index in [1.54, 1.807) is 4.90 Å². The molecule has 3 aromatic rings. The van der Waals surface area contributed by atoms with Gasteiger partial charge >= 0.3 is 0 Å². The molecule has 0 N–H and O–H groups in total. The second-order valence-corrected chi connectivity index (χ2v) is 7.06. The molecule has 2 heterocycles. The van der Waals surface area contributed by atoms with E-state index in [0.29, 0.717) is 37.0 Å². The van der Waals surface area contributed by atoms with Crippen LogP contribution in [0.2, 0.25) is 0 Å². The van der Waals surface area contributed by atoms with Gasteiger partial charge in [-0.25, -0.2) is 0 Å². The molecule has 6 nitrogen and oxygen atoms in total. The first-order valence-corrected chi connectivity index (χ1v) is 9.50. The lowest BCUT2D eigenvalue weighted by Gasteiger charge is -2.19. The highest BCUT2D eigenvalue weighted by Gasteiger charge is 2.36. The third-order valence-corrected chi connectivity index (χ3v) is 5.14. The Balaban J connectivity index is 1.57. The van der Waals surface area contributed by atoms with Gasteiger partial charge in [0.05, 0.1) is 18.2 Å². The van der Waals surface area contributed by atoms with E-state index >= 15 is 0 Å². The third-order valence-electron chi connectivity index (χ3n) is 5.14. The summed E-state index contributed by atoms with van der Waals surface area (Å²) in [5.41, 5.74) is 4.10. The number of para-hydroxylation sites is 2. The Morgan fingerprint density at radius 1 is 1.18 bits per heavy atom. The zero-order valence-corrected chi connectivity index (χ0v) is 16.3. The average molecular weight is 377 g/mol. The van der Waals surface area contributed by atoms with Gasteiger partial charge < -0.3 is 14.2 Å². The Morgan fingerprint density at radius 2 is 2.00 bits per heavy atom. The summed E-state index contributed by atoms with van der Waals surface area (Å²) in [5.74, 6) is 1.66. The number of aromatic nitrogens is 2. The fourth-order valence-electron chi connectivity index (χ4n) is 3.46. The van der Waals surface area contributed by atoms with Crippen molar-refractivity contribution in [3.8, 4) is 17.1 Å². The van der Waals surface area contributed by atoms with Crippen molar-refractivity contribution >= 4 is 11.6 Å². The molecule has 28 heavy (non-hydrogen) atoms. The molecular formula is C22H23N3O3. The largest absolute Gasteiger partial charge is 0.492 e. The summed E-state index contributed by atoms with van der Waals surface area (Å²) in [6.45, 7) is 7.10. The summed E-state index contributed by atoms with van der Waals surface area (Å²) >= 11 is 0. The summed E-state index contributed by atoms with van der Waals surface area (Å²) in [6.07, 6.45) is 0.342. The summed E-state index contributed by atoms with van der Waals surface area (Å²) in [7, 11) is 0. The molecular weight excluding hydrogens is 354 g/mol. The number of aryl methyl sites for hydroxylation is 2. The summed E-state index contributed by atoms with van der Waals surface area (Å²) in [5, 5.41) is 4.13. The van der Waals surface area contributed by atoms with Gasteiger partial charge in [0.15, 0.2) is 0 Å². The highest BCUT2D eigenvalue weighted by molar-refractivity contribution is 5.97. The summed E-state index contributed by atoms with van der Waals surface area (Å²) < 4.78 is 11.2. The van der Waals surface area contributed by atoms with Crippen molar-refractivity contribution in [2.75, 3.05) is 18.1 Å². The van der Waals surface area contributed by atoms with Gasteiger partial charge in [-0.05, 0) is 50.1 Å². The monoisotopic (exact) mass is 377 g/mol. The van der Waals surface area contributed by atoms with Crippen molar-refractivity contribution in [1.29, 1.82) is 0 Å². The molecule has 2 aromatic carbocycles. The number of ether oxygens (including phenoxy) is 1. The van der Waals surface area contributed by atoms with E-state index in [9.17, 15) is 4.79 Å². The fourth-order valence-corrected chi connectivity index (χ4v) is 3.46. The second-order valence-electron chi connectivity index (χ2n) is 7.06. The molecule has 0 spiro atoms. The van der Waals surface area contributed by atoms with Crippen LogP contribution in [0.4, 0.5) is 5.69 Å². The molecule has 1 aromatic heterocycles. The normalized spacial score (nSPS) is 16.6. The molecule has 1 aliphatic rings. The summed E-state index contributed by atoms with van der Waals surface area (Å²) in [4.78, 5) is 19.0. The van der Waals surface area contributed by atoms with Crippen LogP contribution in [0.5, 0.6) is 5.75 Å². The molecule has 1 saturated heterocycles. The lowest BCUT2D eigenvalue weighted by atomic mass is 10.1. The van der Waals surface area contributed by atoms with Crippen LogP contribution in [0.1, 0.15) is 36.3 Å². The first-order chi connectivity index (χ1) is 13.6. The molecule has 1 aliphatic heterocycles. The number of carbonyl (C=O) groups is 1. The Morgan fingerprint density at radius 3 is 2.79 bits per heavy atom. The van der Waals surface area contributed by atoms with Crippen LogP contribution in [0.15, 0.2) is 47.0 Å². The first kappa shape index (κ1) is 18.2. The Kier molecular flexibility index (Phi) is 4.86. The van der Waals surface area contributed by atoms with Crippen LogP contribution in [0.3, 0.4) is 0 Å². The molecule has 144 valence electrons. The van der Waals surface area contributed by atoms with Gasteiger partial charge in [-0.3, -0.25) is 4.79 Å². The minimum Gasteiger partial charge on any atom is -0.492 e. The molecule has 0 saturated carbocycles. The van der Waals surface area contributed by atoms with Gasteiger partial charge in [-0.15, -0.1) is 0 Å². The zero-order chi connectivity index (χ0) is 19.7. The highest BCUT2D eigenvalue weighted by Crippen LogP contribution is 2.36. The quantitative estimate of drug-likeness (QED) is 0.664. The van der Waals surface area contributed by atoms with Gasteiger partial charge in [0.1, 0.15) is 5.75 Å². The van der Waals surface area contributed by atoms with Crippen LogP contribution in [0, 0.1) is 13.8 Å². The number of anilines is 1. The van der Waals surface area contributed by atoms with Crippen molar-refractivity contribution in [2.24, 2.45) is 0 Å². The van der Waals surface area contributed by atoms with Crippen LogP contribution < -0.4 is 9.64 Å². The van der Waals surface area contributed by atoms with Crippen LogP contribution in [-0.4, -0.2) is 29.2 Å². The second kappa shape index (κ2) is 7.46. The van der Waals surface area contributed by atoms with Crippen molar-refractivity contribution in [2.45, 2.75) is 33.1 Å². The van der Waals surface area contributed by atoms with Crippen molar-refractivity contribution < 1.29 is 14.1 Å². The minimum atomic E-state index is -0.130. The molecule has 4 rings (SSSR count). The van der Waals surface area contributed by atoms with Gasteiger partial charge in [0.2, 0.25) is 17.6 Å². The number of amides is 1. The molecule has 0 bridgehead atoms. The maximum absolute atomic E-state index is 12.7. The van der Waals surface area contributed by atoms with Gasteiger partial charge in [0, 0.05) is 18.5 Å². The van der Waals surface area contributed by atoms with Gasteiger partial charge in [-0.2, -0.15) is 4.98 Å². The average Bonchev–Trinajstić information content (AvgIpc) is 3.32. The van der Waals surface area contributed by atoms with Crippen molar-refractivity contribution in [3.63, 3.8) is 0 Å². The SMILES string of the molecule is CCOc1ccccc1N1CC(c2nc(-c3ccc(C)c(C)c3)no2)CC1=O. The van der Waals surface area contributed by atoms with Crippen LogP contribution >= 0.6 is 0 Å². The molecule has 1 amide bonds. The molecule has 1 fully saturated rings. The van der Waals surface area contributed by atoms with Crippen LogP contribution in [-0.2, 0) is 4.79 Å². The first-order valence-electron chi connectivity index (χ1n) is 9.50. The van der Waals surface area contributed by atoms with E-state index in [4.69, 9.17) is 9.26 Å². The lowest BCUT2D eigenvalue weighted by Crippen LogP contribution is -2.25. The number of rotatable bonds is 5.